The monoisotopic (exact) mass is 554 g/mol. The molecule has 0 amide bonds. The Hall–Kier alpha value is -2.91. The fourth-order valence-electron chi connectivity index (χ4n) is 5.20. The van der Waals surface area contributed by atoms with Crippen molar-refractivity contribution in [3.05, 3.63) is 58.7 Å². The number of hydrogen-bond acceptors (Lipinski definition) is 6. The summed E-state index contributed by atoms with van der Waals surface area (Å²) in [7, 11) is 0. The molecule has 15 heteroatoms. The minimum Gasteiger partial charge on any atom is -0.475 e. The number of nitrogens with zero attached hydrogens (tertiary/aromatic N) is 3. The van der Waals surface area contributed by atoms with Crippen LogP contribution in [0.15, 0.2) is 24.4 Å². The van der Waals surface area contributed by atoms with Crippen LogP contribution in [0.3, 0.4) is 0 Å². The molecule has 0 bridgehead atoms. The Bertz CT molecular complexity index is 1190. The lowest BCUT2D eigenvalue weighted by molar-refractivity contribution is -0.192. The van der Waals surface area contributed by atoms with Crippen LogP contribution in [0.5, 0.6) is 0 Å². The number of aliphatic carboxylic acids is 1. The second-order valence-electron chi connectivity index (χ2n) is 9.39. The maximum Gasteiger partial charge on any atom is 0.490 e. The molecule has 0 radical (unpaired) electrons. The molecule has 0 saturated carbocycles. The van der Waals surface area contributed by atoms with Crippen molar-refractivity contribution in [2.75, 3.05) is 19.7 Å². The van der Waals surface area contributed by atoms with E-state index in [-0.39, 0.29) is 23.4 Å². The number of carbonyl (C=O) groups is 1. The van der Waals surface area contributed by atoms with Gasteiger partial charge in [-0.25, -0.2) is 23.5 Å². The standard InChI is InChI=1S/C21H21F5N4O.C2HF3O2/c22-11-1-2-16(23)13(4-11)19-17(27)5-12(9-31-19)30-7-10-3-18-14(15(10)8-30)6-28-20(29-18)21(24,25)26;3-2(4,5)1(6)7/h1-2,4,6,10,12,15,17,19H,3,5,7-9,27H2;(H,6,7)/t10?,12-,15?,17+,19-;/m1./s1. The molecule has 1 aromatic heterocycles. The Balaban J connectivity index is 0.000000426. The molecule has 208 valence electrons. The summed E-state index contributed by atoms with van der Waals surface area (Å²) in [5.74, 6) is -4.70. The molecule has 2 aliphatic heterocycles. The Kier molecular flexibility index (Phi) is 7.65. The molecule has 7 nitrogen and oxygen atoms in total. The van der Waals surface area contributed by atoms with Gasteiger partial charge < -0.3 is 15.6 Å². The number of likely N-dealkylation sites (tertiary alicyclic amines) is 1. The average Bonchev–Trinajstić information content (AvgIpc) is 3.37. The number of rotatable bonds is 2. The van der Waals surface area contributed by atoms with Gasteiger partial charge in [-0.15, -0.1) is 0 Å². The molecule has 3 aliphatic rings. The highest BCUT2D eigenvalue weighted by molar-refractivity contribution is 5.73. The van der Waals surface area contributed by atoms with E-state index in [1.54, 1.807) is 0 Å². The van der Waals surface area contributed by atoms with Crippen LogP contribution in [-0.4, -0.2) is 63.9 Å². The van der Waals surface area contributed by atoms with E-state index in [2.05, 4.69) is 14.9 Å². The summed E-state index contributed by atoms with van der Waals surface area (Å²) >= 11 is 0. The van der Waals surface area contributed by atoms with Crippen molar-refractivity contribution >= 4 is 5.97 Å². The van der Waals surface area contributed by atoms with Gasteiger partial charge in [-0.3, -0.25) is 4.90 Å². The molecule has 38 heavy (non-hydrogen) atoms. The number of ether oxygens (including phenoxy) is 1. The normalized spacial score (nSPS) is 27.3. The first-order valence-electron chi connectivity index (χ1n) is 11.4. The first kappa shape index (κ1) is 28.1. The summed E-state index contributed by atoms with van der Waals surface area (Å²) in [6.07, 6.45) is -8.00. The first-order valence-corrected chi connectivity index (χ1v) is 11.4. The number of carboxylic acid groups (broad SMARTS) is 1. The Morgan fingerprint density at radius 3 is 2.39 bits per heavy atom. The lowest BCUT2D eigenvalue weighted by Gasteiger charge is -2.39. The number of alkyl halides is 6. The number of aromatic nitrogens is 2. The quantitative estimate of drug-likeness (QED) is 0.545. The zero-order valence-electron chi connectivity index (χ0n) is 19.4. The predicted molar refractivity (Wildman–Crippen MR) is 114 cm³/mol. The Labute approximate surface area is 210 Å². The molecule has 3 heterocycles. The molecule has 5 rings (SSSR count). The number of fused-ring (bicyclic) bond motifs is 3. The zero-order chi connectivity index (χ0) is 28.0. The molecule has 5 atom stereocenters. The van der Waals surface area contributed by atoms with Crippen LogP contribution in [0.2, 0.25) is 0 Å². The van der Waals surface area contributed by atoms with E-state index in [1.165, 1.54) is 6.20 Å². The van der Waals surface area contributed by atoms with Crippen molar-refractivity contribution in [2.24, 2.45) is 11.7 Å². The minimum atomic E-state index is -5.08. The third-order valence-corrected chi connectivity index (χ3v) is 6.90. The van der Waals surface area contributed by atoms with Crippen molar-refractivity contribution < 1.29 is 49.8 Å². The topological polar surface area (TPSA) is 102 Å². The van der Waals surface area contributed by atoms with Crippen LogP contribution >= 0.6 is 0 Å². The minimum absolute atomic E-state index is 0.00675. The zero-order valence-corrected chi connectivity index (χ0v) is 19.4. The third kappa shape index (κ3) is 5.89. The van der Waals surface area contributed by atoms with Gasteiger partial charge in [0.15, 0.2) is 0 Å². The van der Waals surface area contributed by atoms with Gasteiger partial charge in [-0.1, -0.05) is 0 Å². The maximum absolute atomic E-state index is 14.1. The van der Waals surface area contributed by atoms with E-state index in [1.807, 2.05) is 0 Å². The molecule has 1 aromatic carbocycles. The highest BCUT2D eigenvalue weighted by Gasteiger charge is 2.46. The molecule has 0 spiro atoms. The fourth-order valence-corrected chi connectivity index (χ4v) is 5.20. The lowest BCUT2D eigenvalue weighted by atomic mass is 9.93. The second kappa shape index (κ2) is 10.3. The SMILES string of the molecule is N[C@H]1C[C@@H](N2CC3Cc4nc(C(F)(F)F)ncc4C3C2)CO[C@@H]1c1cc(F)ccc1F.O=C(O)C(F)(F)F. The molecule has 2 fully saturated rings. The van der Waals surface area contributed by atoms with Crippen molar-refractivity contribution in [1.82, 2.24) is 14.9 Å². The molecule has 2 aromatic rings. The molecule has 3 N–H and O–H groups in total. The van der Waals surface area contributed by atoms with Crippen molar-refractivity contribution in [2.45, 2.75) is 49.3 Å². The number of benzene rings is 1. The Morgan fingerprint density at radius 2 is 1.79 bits per heavy atom. The van der Waals surface area contributed by atoms with Crippen LogP contribution in [-0.2, 0) is 22.1 Å². The lowest BCUT2D eigenvalue weighted by Crippen LogP contribution is -2.49. The summed E-state index contributed by atoms with van der Waals surface area (Å²) in [5, 5.41) is 7.12. The van der Waals surface area contributed by atoms with Crippen LogP contribution in [0.25, 0.3) is 0 Å². The van der Waals surface area contributed by atoms with Crippen molar-refractivity contribution in [1.29, 1.82) is 0 Å². The molecule has 2 saturated heterocycles. The van der Waals surface area contributed by atoms with Crippen molar-refractivity contribution in [3.63, 3.8) is 0 Å². The Morgan fingerprint density at radius 1 is 1.11 bits per heavy atom. The predicted octanol–water partition coefficient (Wildman–Crippen LogP) is 3.84. The summed E-state index contributed by atoms with van der Waals surface area (Å²) in [4.78, 5) is 18.4. The summed E-state index contributed by atoms with van der Waals surface area (Å²) in [6, 6.07) is 2.75. The van der Waals surface area contributed by atoms with Gasteiger partial charge in [0, 0.05) is 48.5 Å². The number of carboxylic acids is 1. The summed E-state index contributed by atoms with van der Waals surface area (Å²) < 4.78 is 104. The largest absolute Gasteiger partial charge is 0.490 e. The maximum atomic E-state index is 14.1. The van der Waals surface area contributed by atoms with E-state index >= 15 is 0 Å². The van der Waals surface area contributed by atoms with Gasteiger partial charge in [0.25, 0.3) is 0 Å². The van der Waals surface area contributed by atoms with Gasteiger partial charge in [-0.05, 0) is 42.5 Å². The van der Waals surface area contributed by atoms with E-state index in [0.717, 1.165) is 23.8 Å². The molecular weight excluding hydrogens is 532 g/mol. The molecular formula is C23H22F8N4O3. The second-order valence-corrected chi connectivity index (χ2v) is 9.39. The fraction of sp³-hybridized carbons (Fsp3) is 0.522. The van der Waals surface area contributed by atoms with E-state index < -0.39 is 47.9 Å². The van der Waals surface area contributed by atoms with Gasteiger partial charge in [-0.2, -0.15) is 26.3 Å². The van der Waals surface area contributed by atoms with Crippen molar-refractivity contribution in [3.8, 4) is 0 Å². The highest BCUT2D eigenvalue weighted by Crippen LogP contribution is 2.44. The van der Waals surface area contributed by atoms with E-state index in [0.29, 0.717) is 38.2 Å². The average molecular weight is 554 g/mol. The van der Waals surface area contributed by atoms with E-state index in [9.17, 15) is 35.1 Å². The van der Waals surface area contributed by atoms with E-state index in [4.69, 9.17) is 20.4 Å². The number of hydrogen-bond donors (Lipinski definition) is 2. The van der Waals surface area contributed by atoms with Gasteiger partial charge >= 0.3 is 18.3 Å². The third-order valence-electron chi connectivity index (χ3n) is 6.90. The van der Waals surface area contributed by atoms with Crippen LogP contribution in [0.1, 0.15) is 41.1 Å². The highest BCUT2D eigenvalue weighted by atomic mass is 19.4. The molecule has 1 aliphatic carbocycles. The van der Waals surface area contributed by atoms with Gasteiger partial charge in [0.2, 0.25) is 5.82 Å². The van der Waals surface area contributed by atoms with Crippen LogP contribution < -0.4 is 5.73 Å². The molecule has 2 unspecified atom stereocenters. The van der Waals surface area contributed by atoms with Crippen LogP contribution in [0, 0.1) is 17.6 Å². The summed E-state index contributed by atoms with van der Waals surface area (Å²) in [5.41, 5.74) is 7.65. The van der Waals surface area contributed by atoms with Gasteiger partial charge in [0.1, 0.15) is 17.7 Å². The summed E-state index contributed by atoms with van der Waals surface area (Å²) in [6.45, 7) is 1.68. The van der Waals surface area contributed by atoms with Crippen LogP contribution in [0.4, 0.5) is 35.1 Å². The number of nitrogens with two attached hydrogens (primary N) is 1. The first-order chi connectivity index (χ1) is 17.6. The van der Waals surface area contributed by atoms with Gasteiger partial charge in [0.05, 0.1) is 6.61 Å². The number of halogens is 8. The smallest absolute Gasteiger partial charge is 0.475 e.